The van der Waals surface area contributed by atoms with Gasteiger partial charge in [0, 0.05) is 0 Å². The molecule has 2 atom stereocenters. The Hall–Kier alpha value is -1.26. The van der Waals surface area contributed by atoms with Crippen LogP contribution in [-0.4, -0.2) is 64.0 Å². The first kappa shape index (κ1) is 37.1. The lowest BCUT2D eigenvalue weighted by molar-refractivity contribution is -0.173. The van der Waals surface area contributed by atoms with Crippen molar-refractivity contribution >= 4 is 11.9 Å². The highest BCUT2D eigenvalue weighted by molar-refractivity contribution is 5.85. The third-order valence-corrected chi connectivity index (χ3v) is 4.77. The van der Waals surface area contributed by atoms with E-state index < -0.39 is 24.1 Å². The molecule has 0 aromatic carbocycles. The lowest BCUT2D eigenvalue weighted by Gasteiger charge is -2.16. The predicted molar refractivity (Wildman–Crippen MR) is 121 cm³/mol. The molecule has 0 saturated carbocycles. The van der Waals surface area contributed by atoms with E-state index in [9.17, 15) is 19.8 Å². The maximum Gasteiger partial charge on any atom is 0.338 e. The highest BCUT2D eigenvalue weighted by Gasteiger charge is 2.32. The number of rotatable bonds is 19. The fourth-order valence-electron chi connectivity index (χ4n) is 2.89. The molecule has 0 aliphatic carbocycles. The Morgan fingerprint density at radius 3 is 1.10 bits per heavy atom. The Labute approximate surface area is 187 Å². The van der Waals surface area contributed by atoms with Gasteiger partial charge in [0.05, 0.1) is 13.2 Å². The maximum atomic E-state index is 11.7. The molecule has 0 radical (unpaired) electrons. The van der Waals surface area contributed by atoms with Crippen LogP contribution < -0.4 is 0 Å². The van der Waals surface area contributed by atoms with Crippen molar-refractivity contribution in [1.82, 2.24) is 0 Å². The first-order valence-electron chi connectivity index (χ1n) is 11.2. The second kappa shape index (κ2) is 26.8. The molecule has 2 unspecified atom stereocenters. The summed E-state index contributed by atoms with van der Waals surface area (Å²) in [4.78, 5) is 23.4. The number of hydrogen-bond acceptors (Lipinski definition) is 6. The van der Waals surface area contributed by atoms with Crippen LogP contribution >= 0.6 is 0 Å². The van der Waals surface area contributed by atoms with Gasteiger partial charge in [0.2, 0.25) is 0 Å². The van der Waals surface area contributed by atoms with Gasteiger partial charge < -0.3 is 36.1 Å². The van der Waals surface area contributed by atoms with Crippen molar-refractivity contribution in [3.8, 4) is 0 Å². The molecule has 9 heteroatoms. The zero-order valence-electron chi connectivity index (χ0n) is 19.5. The number of carbonyl (C=O) groups is 2. The van der Waals surface area contributed by atoms with Crippen molar-refractivity contribution in [3.05, 3.63) is 0 Å². The molecular weight excluding hydrogens is 408 g/mol. The van der Waals surface area contributed by atoms with Gasteiger partial charge in [0.25, 0.3) is 0 Å². The summed E-state index contributed by atoms with van der Waals surface area (Å²) in [6.07, 6.45) is 11.4. The summed E-state index contributed by atoms with van der Waals surface area (Å²) in [6, 6.07) is 0. The molecule has 0 rings (SSSR count). The first-order valence-corrected chi connectivity index (χ1v) is 11.2. The van der Waals surface area contributed by atoms with Gasteiger partial charge in [-0.05, 0) is 12.8 Å². The zero-order chi connectivity index (χ0) is 21.0. The normalized spacial score (nSPS) is 11.9. The molecule has 0 aromatic rings. The van der Waals surface area contributed by atoms with Crippen molar-refractivity contribution in [2.45, 2.75) is 116 Å². The third kappa shape index (κ3) is 21.7. The monoisotopic (exact) mass is 456 g/mol. The summed E-state index contributed by atoms with van der Waals surface area (Å²) in [7, 11) is 0. The molecule has 0 aliphatic rings. The Morgan fingerprint density at radius 2 is 0.806 bits per heavy atom. The Morgan fingerprint density at radius 1 is 0.548 bits per heavy atom. The summed E-state index contributed by atoms with van der Waals surface area (Å²) in [5.41, 5.74) is 0. The van der Waals surface area contributed by atoms with Gasteiger partial charge in [-0.25, -0.2) is 9.59 Å². The molecule has 0 amide bonds. The molecule has 0 bridgehead atoms. The van der Waals surface area contributed by atoms with Crippen LogP contribution in [0.5, 0.6) is 0 Å². The molecule has 190 valence electrons. The molecular formula is C22H48O9. The van der Waals surface area contributed by atoms with Crippen LogP contribution in [0.15, 0.2) is 0 Å². The predicted octanol–water partition coefficient (Wildman–Crippen LogP) is 1.82. The number of aliphatic hydroxyl groups is 2. The Balaban J connectivity index is -0.00000121. The molecule has 0 saturated heterocycles. The minimum absolute atomic E-state index is 0. The van der Waals surface area contributed by atoms with E-state index in [1.54, 1.807) is 0 Å². The highest BCUT2D eigenvalue weighted by atomic mass is 16.6. The minimum atomic E-state index is -1.90. The number of carbonyl (C=O) groups excluding carboxylic acids is 2. The number of unbranched alkanes of at least 4 members (excludes halogenated alkanes) is 12. The summed E-state index contributed by atoms with van der Waals surface area (Å²) in [5.74, 6) is -1.96. The topological polar surface area (TPSA) is 188 Å². The average molecular weight is 457 g/mol. The first-order chi connectivity index (χ1) is 13.5. The average Bonchev–Trinajstić information content (AvgIpc) is 2.70. The summed E-state index contributed by atoms with van der Waals surface area (Å²) in [5, 5.41) is 19.5. The van der Waals surface area contributed by atoms with Crippen molar-refractivity contribution in [1.29, 1.82) is 0 Å². The molecule has 8 N–H and O–H groups in total. The number of ether oxygens (including phenoxy) is 2. The summed E-state index contributed by atoms with van der Waals surface area (Å²) in [6.45, 7) is 4.71. The van der Waals surface area contributed by atoms with E-state index in [4.69, 9.17) is 9.47 Å². The van der Waals surface area contributed by atoms with E-state index in [0.29, 0.717) is 12.8 Å². The third-order valence-electron chi connectivity index (χ3n) is 4.77. The molecule has 0 aromatic heterocycles. The second-order valence-electron chi connectivity index (χ2n) is 7.47. The van der Waals surface area contributed by atoms with E-state index in [1.165, 1.54) is 51.4 Å². The zero-order valence-corrected chi connectivity index (χ0v) is 19.5. The Kier molecular flexibility index (Phi) is 32.0. The van der Waals surface area contributed by atoms with E-state index in [0.717, 1.165) is 25.7 Å². The van der Waals surface area contributed by atoms with Crippen LogP contribution in [0.25, 0.3) is 0 Å². The van der Waals surface area contributed by atoms with Gasteiger partial charge in [0.15, 0.2) is 12.2 Å². The number of esters is 2. The highest BCUT2D eigenvalue weighted by Crippen LogP contribution is 2.09. The van der Waals surface area contributed by atoms with Gasteiger partial charge in [-0.2, -0.15) is 0 Å². The molecule has 0 spiro atoms. The minimum Gasteiger partial charge on any atom is -0.464 e. The van der Waals surface area contributed by atoms with E-state index >= 15 is 0 Å². The number of hydrogen-bond donors (Lipinski definition) is 2. The molecule has 0 heterocycles. The van der Waals surface area contributed by atoms with Gasteiger partial charge in [-0.1, -0.05) is 90.9 Å². The molecule has 0 fully saturated rings. The van der Waals surface area contributed by atoms with Crippen molar-refractivity contribution in [2.75, 3.05) is 13.2 Å². The van der Waals surface area contributed by atoms with Crippen molar-refractivity contribution in [3.63, 3.8) is 0 Å². The van der Waals surface area contributed by atoms with Crippen LogP contribution in [-0.2, 0) is 19.1 Å². The van der Waals surface area contributed by atoms with Gasteiger partial charge >= 0.3 is 11.9 Å². The van der Waals surface area contributed by atoms with Crippen LogP contribution in [0, 0.1) is 0 Å². The van der Waals surface area contributed by atoms with Crippen LogP contribution in [0.3, 0.4) is 0 Å². The molecule has 9 nitrogen and oxygen atoms in total. The quantitative estimate of drug-likeness (QED) is 0.220. The van der Waals surface area contributed by atoms with E-state index in [2.05, 4.69) is 13.8 Å². The van der Waals surface area contributed by atoms with Crippen LogP contribution in [0.1, 0.15) is 104 Å². The van der Waals surface area contributed by atoms with Gasteiger partial charge in [-0.15, -0.1) is 0 Å². The van der Waals surface area contributed by atoms with Crippen LogP contribution in [0.4, 0.5) is 0 Å². The lowest BCUT2D eigenvalue weighted by Crippen LogP contribution is -2.41. The van der Waals surface area contributed by atoms with Gasteiger partial charge in [-0.3, -0.25) is 0 Å². The fourth-order valence-corrected chi connectivity index (χ4v) is 2.89. The van der Waals surface area contributed by atoms with Gasteiger partial charge in [0.1, 0.15) is 0 Å². The maximum absolute atomic E-state index is 11.7. The van der Waals surface area contributed by atoms with E-state index in [-0.39, 0.29) is 29.6 Å². The molecule has 0 aliphatic heterocycles. The fraction of sp³-hybridized carbons (Fsp3) is 0.909. The smallest absolute Gasteiger partial charge is 0.338 e. The number of aliphatic hydroxyl groups excluding tert-OH is 2. The SMILES string of the molecule is CCCCCCCCCOC(=O)C(O)C(O)C(=O)OCCCCCCCCC.O.O.O. The van der Waals surface area contributed by atoms with Crippen molar-refractivity contribution in [2.24, 2.45) is 0 Å². The van der Waals surface area contributed by atoms with E-state index in [1.807, 2.05) is 0 Å². The lowest BCUT2D eigenvalue weighted by atomic mass is 10.1. The summed E-state index contributed by atoms with van der Waals surface area (Å²) >= 11 is 0. The van der Waals surface area contributed by atoms with Crippen LogP contribution in [0.2, 0.25) is 0 Å². The van der Waals surface area contributed by atoms with Crippen molar-refractivity contribution < 1.29 is 45.7 Å². The standard InChI is InChI=1S/C22H42O6.3H2O/c1-3-5-7-9-11-13-15-17-27-21(25)19(23)20(24)22(26)28-18-16-14-12-10-8-6-4-2;;;/h19-20,23-24H,3-18H2,1-2H3;3*1H2. The molecule has 31 heavy (non-hydrogen) atoms. The largest absolute Gasteiger partial charge is 0.464 e. The Bertz CT molecular complexity index is 355. The second-order valence-corrected chi connectivity index (χ2v) is 7.47. The summed E-state index contributed by atoms with van der Waals surface area (Å²) < 4.78 is 9.87.